The predicted octanol–water partition coefficient (Wildman–Crippen LogP) is 2.70. The Morgan fingerprint density at radius 1 is 1.18 bits per heavy atom. The molecule has 0 radical (unpaired) electrons. The Kier molecular flexibility index (Phi) is 5.40. The molecule has 0 aliphatic carbocycles. The van der Waals surface area contributed by atoms with Gasteiger partial charge in [0.1, 0.15) is 10.7 Å². The van der Waals surface area contributed by atoms with Crippen LogP contribution < -0.4 is 10.0 Å². The van der Waals surface area contributed by atoms with Crippen molar-refractivity contribution in [1.82, 2.24) is 9.71 Å². The summed E-state index contributed by atoms with van der Waals surface area (Å²) in [7, 11) is -3.94. The van der Waals surface area contributed by atoms with Crippen LogP contribution in [0.5, 0.6) is 0 Å². The van der Waals surface area contributed by atoms with E-state index in [1.165, 1.54) is 24.0 Å². The normalized spacial score (nSPS) is 11.0. The average Bonchev–Trinajstić information content (AvgIpc) is 2.48. The Labute approximate surface area is 133 Å². The van der Waals surface area contributed by atoms with Gasteiger partial charge in [-0.3, -0.25) is 5.32 Å². The highest BCUT2D eigenvalue weighted by Gasteiger charge is 2.21. The molecule has 0 unspecified atom stereocenters. The number of nitrogens with zero attached hydrogens (tertiary/aromatic N) is 1. The third kappa shape index (κ3) is 4.22. The van der Waals surface area contributed by atoms with E-state index in [-0.39, 0.29) is 10.7 Å². The Balaban J connectivity index is 2.16. The molecule has 22 heavy (non-hydrogen) atoms. The van der Waals surface area contributed by atoms with Crippen LogP contribution in [0, 0.1) is 0 Å². The van der Waals surface area contributed by atoms with Crippen molar-refractivity contribution in [3.8, 4) is 0 Å². The molecule has 2 amide bonds. The summed E-state index contributed by atoms with van der Waals surface area (Å²) in [5, 5.41) is 2.37. The van der Waals surface area contributed by atoms with E-state index in [9.17, 15) is 13.2 Å². The molecule has 0 saturated carbocycles. The van der Waals surface area contributed by atoms with E-state index in [0.717, 1.165) is 5.75 Å². The van der Waals surface area contributed by atoms with Crippen molar-refractivity contribution in [2.75, 3.05) is 11.1 Å². The van der Waals surface area contributed by atoms with Gasteiger partial charge in [-0.05, 0) is 30.0 Å². The third-order valence-corrected chi connectivity index (χ3v) is 5.05. The SMILES string of the molecule is CCSc1ccccc1S(=O)(=O)NC(=O)Nc1ccccn1. The molecule has 0 spiro atoms. The van der Waals surface area contributed by atoms with Gasteiger partial charge in [0, 0.05) is 11.1 Å². The number of pyridine rings is 1. The van der Waals surface area contributed by atoms with E-state index in [2.05, 4.69) is 10.3 Å². The minimum Gasteiger partial charge on any atom is -0.292 e. The van der Waals surface area contributed by atoms with E-state index in [1.807, 2.05) is 11.6 Å². The van der Waals surface area contributed by atoms with Gasteiger partial charge < -0.3 is 0 Å². The summed E-state index contributed by atoms with van der Waals surface area (Å²) in [5.41, 5.74) is 0. The summed E-state index contributed by atoms with van der Waals surface area (Å²) in [5.74, 6) is 0.999. The molecule has 8 heteroatoms. The summed E-state index contributed by atoms with van der Waals surface area (Å²) in [6, 6.07) is 10.6. The van der Waals surface area contributed by atoms with Gasteiger partial charge in [0.05, 0.1) is 0 Å². The largest absolute Gasteiger partial charge is 0.334 e. The quantitative estimate of drug-likeness (QED) is 0.819. The van der Waals surface area contributed by atoms with Crippen molar-refractivity contribution in [2.24, 2.45) is 0 Å². The van der Waals surface area contributed by atoms with Gasteiger partial charge in [-0.25, -0.2) is 22.9 Å². The first-order valence-corrected chi connectivity index (χ1v) is 8.96. The number of nitrogens with one attached hydrogen (secondary N) is 2. The smallest absolute Gasteiger partial charge is 0.292 e. The lowest BCUT2D eigenvalue weighted by atomic mass is 10.4. The maximum Gasteiger partial charge on any atom is 0.334 e. The number of aromatic nitrogens is 1. The second kappa shape index (κ2) is 7.28. The molecule has 116 valence electrons. The van der Waals surface area contributed by atoms with Gasteiger partial charge in [-0.2, -0.15) is 0 Å². The molecule has 0 fully saturated rings. The lowest BCUT2D eigenvalue weighted by Crippen LogP contribution is -2.34. The van der Waals surface area contributed by atoms with Crippen molar-refractivity contribution < 1.29 is 13.2 Å². The monoisotopic (exact) mass is 337 g/mol. The molecule has 1 heterocycles. The fourth-order valence-corrected chi connectivity index (χ4v) is 3.90. The molecule has 6 nitrogen and oxygen atoms in total. The van der Waals surface area contributed by atoms with Crippen molar-refractivity contribution in [2.45, 2.75) is 16.7 Å². The van der Waals surface area contributed by atoms with E-state index in [4.69, 9.17) is 0 Å². The second-order valence-corrected chi connectivity index (χ2v) is 7.11. The molecule has 2 aromatic rings. The third-order valence-electron chi connectivity index (χ3n) is 2.57. The summed E-state index contributed by atoms with van der Waals surface area (Å²) in [4.78, 5) is 16.4. The molecular formula is C14H15N3O3S2. The lowest BCUT2D eigenvalue weighted by Gasteiger charge is -2.11. The zero-order chi connectivity index (χ0) is 16.0. The number of benzene rings is 1. The molecule has 0 aliphatic heterocycles. The van der Waals surface area contributed by atoms with E-state index in [0.29, 0.717) is 4.90 Å². The Bertz CT molecular complexity index is 749. The molecule has 0 aliphatic rings. The first kappa shape index (κ1) is 16.3. The number of hydrogen-bond acceptors (Lipinski definition) is 5. The highest BCUT2D eigenvalue weighted by molar-refractivity contribution is 8.00. The van der Waals surface area contributed by atoms with Gasteiger partial charge in [0.2, 0.25) is 0 Å². The van der Waals surface area contributed by atoms with Crippen LogP contribution in [0.15, 0.2) is 58.5 Å². The molecule has 2 rings (SSSR count). The van der Waals surface area contributed by atoms with Gasteiger partial charge in [0.15, 0.2) is 0 Å². The molecule has 2 N–H and O–H groups in total. The zero-order valence-electron chi connectivity index (χ0n) is 11.8. The van der Waals surface area contributed by atoms with Crippen LogP contribution in [0.2, 0.25) is 0 Å². The fourth-order valence-electron chi connectivity index (χ4n) is 1.70. The van der Waals surface area contributed by atoms with Gasteiger partial charge in [0.25, 0.3) is 10.0 Å². The van der Waals surface area contributed by atoms with Crippen molar-refractivity contribution in [3.63, 3.8) is 0 Å². The fraction of sp³-hybridized carbons (Fsp3) is 0.143. The summed E-state index contributed by atoms with van der Waals surface area (Å²) < 4.78 is 26.6. The van der Waals surface area contributed by atoms with Crippen LogP contribution in [0.1, 0.15) is 6.92 Å². The van der Waals surface area contributed by atoms with Gasteiger partial charge in [-0.15, -0.1) is 11.8 Å². The second-order valence-electron chi connectivity index (χ2n) is 4.15. The summed E-state index contributed by atoms with van der Waals surface area (Å²) in [6.45, 7) is 1.93. The minimum absolute atomic E-state index is 0.0815. The van der Waals surface area contributed by atoms with Crippen LogP contribution in [-0.4, -0.2) is 25.2 Å². The van der Waals surface area contributed by atoms with Crippen LogP contribution in [0.3, 0.4) is 0 Å². The van der Waals surface area contributed by atoms with Crippen LogP contribution in [0.4, 0.5) is 10.6 Å². The van der Waals surface area contributed by atoms with E-state index in [1.54, 1.807) is 36.4 Å². The number of carbonyl (C=O) groups excluding carboxylic acids is 1. The standard InChI is InChI=1S/C14H15N3O3S2/c1-2-21-11-7-3-4-8-12(11)22(19,20)17-14(18)16-13-9-5-6-10-15-13/h3-10H,2H2,1H3,(H2,15,16,17,18). The Morgan fingerprint density at radius 2 is 1.91 bits per heavy atom. The van der Waals surface area contributed by atoms with Crippen LogP contribution >= 0.6 is 11.8 Å². The Hall–Kier alpha value is -2.06. The maximum absolute atomic E-state index is 12.3. The first-order chi connectivity index (χ1) is 10.5. The number of thioether (sulfide) groups is 1. The zero-order valence-corrected chi connectivity index (χ0v) is 13.4. The van der Waals surface area contributed by atoms with Gasteiger partial charge >= 0.3 is 6.03 Å². The lowest BCUT2D eigenvalue weighted by molar-refractivity contribution is 0.256. The minimum atomic E-state index is -3.94. The van der Waals surface area contributed by atoms with Crippen LogP contribution in [-0.2, 0) is 10.0 Å². The van der Waals surface area contributed by atoms with Crippen molar-refractivity contribution >= 4 is 33.6 Å². The van der Waals surface area contributed by atoms with Crippen LogP contribution in [0.25, 0.3) is 0 Å². The van der Waals surface area contributed by atoms with E-state index >= 15 is 0 Å². The predicted molar refractivity (Wildman–Crippen MR) is 86.4 cm³/mol. The molecular weight excluding hydrogens is 322 g/mol. The molecule has 1 aromatic heterocycles. The summed E-state index contributed by atoms with van der Waals surface area (Å²) in [6.07, 6.45) is 1.50. The number of urea groups is 1. The average molecular weight is 337 g/mol. The van der Waals surface area contributed by atoms with Crippen molar-refractivity contribution in [3.05, 3.63) is 48.7 Å². The number of hydrogen-bond donors (Lipinski definition) is 2. The maximum atomic E-state index is 12.3. The Morgan fingerprint density at radius 3 is 2.59 bits per heavy atom. The van der Waals surface area contributed by atoms with Crippen molar-refractivity contribution in [1.29, 1.82) is 0 Å². The number of rotatable bonds is 5. The highest BCUT2D eigenvalue weighted by atomic mass is 32.2. The first-order valence-electron chi connectivity index (χ1n) is 6.49. The number of carbonyl (C=O) groups is 1. The van der Waals surface area contributed by atoms with E-state index < -0.39 is 16.1 Å². The topological polar surface area (TPSA) is 88.2 Å². The highest BCUT2D eigenvalue weighted by Crippen LogP contribution is 2.25. The number of anilines is 1. The number of sulfonamides is 1. The molecule has 1 aromatic carbocycles. The van der Waals surface area contributed by atoms with Gasteiger partial charge in [-0.1, -0.05) is 25.1 Å². The molecule has 0 atom stereocenters. The molecule has 0 saturated heterocycles. The number of amides is 2. The summed E-state index contributed by atoms with van der Waals surface area (Å²) >= 11 is 1.40. The molecule has 0 bridgehead atoms.